The Morgan fingerprint density at radius 2 is 1.62 bits per heavy atom. The molecular formula is C42H60N2O3S. The third-order valence-electron chi connectivity index (χ3n) is 15.9. The number of carboxylic acids is 1. The lowest BCUT2D eigenvalue weighted by Crippen LogP contribution is -2.68. The molecule has 48 heavy (non-hydrogen) atoms. The molecule has 1 aliphatic heterocycles. The van der Waals surface area contributed by atoms with E-state index in [1.165, 1.54) is 48.8 Å². The van der Waals surface area contributed by atoms with E-state index in [1.54, 1.807) is 12.1 Å². The summed E-state index contributed by atoms with van der Waals surface area (Å²) in [7, 11) is 0. The maximum absolute atomic E-state index is 13.7. The molecule has 5 aliphatic carbocycles. The van der Waals surface area contributed by atoms with Crippen molar-refractivity contribution in [3.8, 4) is 0 Å². The highest BCUT2D eigenvalue weighted by Gasteiger charge is 2.70. The smallest absolute Gasteiger partial charge is 0.335 e. The number of carbonyl (C=O) groups excluding carboxylic acids is 1. The Balaban J connectivity index is 1.18. The van der Waals surface area contributed by atoms with Gasteiger partial charge in [-0.1, -0.05) is 65.0 Å². The van der Waals surface area contributed by atoms with Gasteiger partial charge in [-0.25, -0.2) is 4.79 Å². The Morgan fingerprint density at radius 3 is 2.29 bits per heavy atom. The molecule has 4 saturated carbocycles. The molecule has 1 aromatic rings. The summed E-state index contributed by atoms with van der Waals surface area (Å²) < 4.78 is 0. The van der Waals surface area contributed by atoms with Crippen LogP contribution in [0.15, 0.2) is 42.5 Å². The molecule has 1 heterocycles. The van der Waals surface area contributed by atoms with Crippen molar-refractivity contribution in [3.05, 3.63) is 53.6 Å². The Hall–Kier alpha value is -2.05. The van der Waals surface area contributed by atoms with Crippen molar-refractivity contribution in [2.75, 3.05) is 31.1 Å². The Kier molecular flexibility index (Phi) is 8.62. The van der Waals surface area contributed by atoms with Crippen molar-refractivity contribution < 1.29 is 14.7 Å². The highest BCUT2D eigenvalue weighted by Crippen LogP contribution is 2.76. The zero-order valence-corrected chi connectivity index (χ0v) is 31.3. The van der Waals surface area contributed by atoms with Crippen LogP contribution in [-0.2, 0) is 4.79 Å². The minimum atomic E-state index is -0.868. The third kappa shape index (κ3) is 5.11. The highest BCUT2D eigenvalue weighted by atomic mass is 32.2. The number of carboxylic acid groups (broad SMARTS) is 1. The maximum atomic E-state index is 13.7. The van der Waals surface area contributed by atoms with Gasteiger partial charge in [0.15, 0.2) is 0 Å². The van der Waals surface area contributed by atoms with Crippen molar-refractivity contribution in [2.45, 2.75) is 105 Å². The molecule has 7 rings (SSSR count). The predicted molar refractivity (Wildman–Crippen MR) is 198 cm³/mol. The van der Waals surface area contributed by atoms with Crippen LogP contribution in [0.5, 0.6) is 0 Å². The summed E-state index contributed by atoms with van der Waals surface area (Å²) in [4.78, 5) is 27.7. The second kappa shape index (κ2) is 12.0. The number of amides is 1. The van der Waals surface area contributed by atoms with Gasteiger partial charge in [0.25, 0.3) is 0 Å². The molecule has 6 aliphatic rings. The third-order valence-corrected chi connectivity index (χ3v) is 16.9. The van der Waals surface area contributed by atoms with E-state index >= 15 is 0 Å². The van der Waals surface area contributed by atoms with Gasteiger partial charge in [-0.2, -0.15) is 11.8 Å². The molecular weight excluding hydrogens is 613 g/mol. The fraction of sp³-hybridized carbons (Fsp3) is 0.714. The molecule has 6 heteroatoms. The van der Waals surface area contributed by atoms with Gasteiger partial charge in [0.05, 0.1) is 12.1 Å². The fourth-order valence-corrected chi connectivity index (χ4v) is 14.5. The molecule has 1 amide bonds. The van der Waals surface area contributed by atoms with Crippen LogP contribution in [0.1, 0.15) is 115 Å². The Labute approximate surface area is 294 Å². The molecule has 2 N–H and O–H groups in total. The lowest BCUT2D eigenvalue weighted by Gasteiger charge is -2.72. The van der Waals surface area contributed by atoms with Crippen molar-refractivity contribution in [3.63, 3.8) is 0 Å². The second-order valence-corrected chi connectivity index (χ2v) is 19.4. The SMILES string of the molecule is C=C(C)[C@@H]1CC[C@]2(NC(=O)CN3CCSCC3)CC[C@]3(C)[C@H](CC[C@@H]4[C@@]5(C)CC=C(c6ccc(C(=O)O)cc6)C(C)(C)[C@@H]5CC[C@]43C)[C@@H]12. The first-order chi connectivity index (χ1) is 22.7. The quantitative estimate of drug-likeness (QED) is 0.296. The van der Waals surface area contributed by atoms with Crippen LogP contribution in [0, 0.1) is 51.2 Å². The highest BCUT2D eigenvalue weighted by molar-refractivity contribution is 7.99. The molecule has 5 fully saturated rings. The molecule has 5 nitrogen and oxygen atoms in total. The topological polar surface area (TPSA) is 69.6 Å². The lowest BCUT2D eigenvalue weighted by molar-refractivity contribution is -0.219. The van der Waals surface area contributed by atoms with Gasteiger partial charge in [-0.05, 0) is 139 Å². The first kappa shape index (κ1) is 34.4. The van der Waals surface area contributed by atoms with Crippen LogP contribution in [0.3, 0.4) is 0 Å². The van der Waals surface area contributed by atoms with E-state index < -0.39 is 5.97 Å². The summed E-state index contributed by atoms with van der Waals surface area (Å²) in [6.45, 7) is 22.3. The number of hydrogen-bond donors (Lipinski definition) is 2. The fourth-order valence-electron chi connectivity index (χ4n) is 13.5. The standard InChI is InChI=1S/C42H60N2O3S/c1-27(2)30-14-19-42(43-35(45)26-44-22-24-48-25-23-44)21-20-40(6)32(36(30)42)12-13-34-39(5)17-15-31(28-8-10-29(11-9-28)37(46)47)38(3,4)33(39)16-18-41(34,40)7/h8-11,15,30,32-34,36H,1,12-14,16-26H2,2-7H3,(H,43,45)(H,46,47)/t30-,32+,33-,34+,36+,39-,40+,41+,42-/m0/s1. The summed E-state index contributed by atoms with van der Waals surface area (Å²) >= 11 is 2.00. The van der Waals surface area contributed by atoms with E-state index in [2.05, 4.69) is 64.4 Å². The average molecular weight is 673 g/mol. The molecule has 9 atom stereocenters. The van der Waals surface area contributed by atoms with Gasteiger partial charge in [0.1, 0.15) is 0 Å². The number of allylic oxidation sites excluding steroid dienone is 3. The molecule has 0 radical (unpaired) electrons. The monoisotopic (exact) mass is 672 g/mol. The molecule has 1 saturated heterocycles. The maximum Gasteiger partial charge on any atom is 0.335 e. The van der Waals surface area contributed by atoms with Crippen LogP contribution in [-0.4, -0.2) is 58.6 Å². The molecule has 0 spiro atoms. The minimum absolute atomic E-state index is 0.00632. The van der Waals surface area contributed by atoms with Gasteiger partial charge in [-0.15, -0.1) is 0 Å². The van der Waals surface area contributed by atoms with Crippen LogP contribution < -0.4 is 5.32 Å². The number of thioether (sulfide) groups is 1. The van der Waals surface area contributed by atoms with Crippen LogP contribution in [0.2, 0.25) is 0 Å². The molecule has 0 bridgehead atoms. The van der Waals surface area contributed by atoms with E-state index in [4.69, 9.17) is 0 Å². The van der Waals surface area contributed by atoms with Crippen LogP contribution in [0.4, 0.5) is 0 Å². The van der Waals surface area contributed by atoms with E-state index in [0.29, 0.717) is 41.7 Å². The number of nitrogens with zero attached hydrogens (tertiary/aromatic N) is 1. The summed E-state index contributed by atoms with van der Waals surface area (Å²) in [5.74, 6) is 4.43. The first-order valence-corrected chi connectivity index (χ1v) is 20.1. The number of nitrogens with one attached hydrogen (secondary N) is 1. The van der Waals surface area contributed by atoms with Crippen LogP contribution >= 0.6 is 11.8 Å². The number of carbonyl (C=O) groups is 2. The largest absolute Gasteiger partial charge is 0.478 e. The van der Waals surface area contributed by atoms with Crippen molar-refractivity contribution in [1.29, 1.82) is 0 Å². The summed E-state index contributed by atoms with van der Waals surface area (Å²) in [5.41, 5.74) is 4.83. The lowest BCUT2D eigenvalue weighted by atomic mass is 9.33. The first-order valence-electron chi connectivity index (χ1n) is 19.0. The van der Waals surface area contributed by atoms with Crippen molar-refractivity contribution in [2.24, 2.45) is 51.2 Å². The molecule has 0 unspecified atom stereocenters. The number of hydrogen-bond acceptors (Lipinski definition) is 4. The Morgan fingerprint density at radius 1 is 0.917 bits per heavy atom. The van der Waals surface area contributed by atoms with Crippen LogP contribution in [0.25, 0.3) is 5.57 Å². The van der Waals surface area contributed by atoms with Gasteiger partial charge in [-0.3, -0.25) is 9.69 Å². The van der Waals surface area contributed by atoms with Gasteiger partial charge < -0.3 is 10.4 Å². The number of rotatable bonds is 6. The summed E-state index contributed by atoms with van der Waals surface area (Å²) in [6.07, 6.45) is 13.2. The summed E-state index contributed by atoms with van der Waals surface area (Å²) in [6, 6.07) is 7.58. The number of fused-ring (bicyclic) bond motifs is 7. The normalized spacial score (nSPS) is 42.0. The van der Waals surface area contributed by atoms with Crippen molar-refractivity contribution >= 4 is 29.2 Å². The average Bonchev–Trinajstić information content (AvgIpc) is 3.41. The van der Waals surface area contributed by atoms with E-state index in [-0.39, 0.29) is 33.1 Å². The molecule has 262 valence electrons. The van der Waals surface area contributed by atoms with E-state index in [9.17, 15) is 14.7 Å². The zero-order valence-electron chi connectivity index (χ0n) is 30.5. The van der Waals surface area contributed by atoms with Gasteiger partial charge in [0.2, 0.25) is 5.91 Å². The van der Waals surface area contributed by atoms with E-state index in [1.807, 2.05) is 23.9 Å². The van der Waals surface area contributed by atoms with Gasteiger partial charge in [0, 0.05) is 30.1 Å². The second-order valence-electron chi connectivity index (χ2n) is 18.2. The molecule has 0 aromatic heterocycles. The number of aromatic carboxylic acids is 1. The van der Waals surface area contributed by atoms with Crippen molar-refractivity contribution in [1.82, 2.24) is 10.2 Å². The minimum Gasteiger partial charge on any atom is -0.478 e. The van der Waals surface area contributed by atoms with E-state index in [0.717, 1.165) is 50.3 Å². The Bertz CT molecular complexity index is 1490. The molecule has 1 aromatic carbocycles. The predicted octanol–water partition coefficient (Wildman–Crippen LogP) is 8.95. The van der Waals surface area contributed by atoms with Gasteiger partial charge >= 0.3 is 5.97 Å². The summed E-state index contributed by atoms with van der Waals surface area (Å²) in [5, 5.41) is 13.3. The zero-order chi connectivity index (χ0) is 34.3. The number of benzene rings is 1.